The van der Waals surface area contributed by atoms with Crippen LogP contribution in [0.5, 0.6) is 0 Å². The first-order valence-corrected chi connectivity index (χ1v) is 9.47. The van der Waals surface area contributed by atoms with E-state index in [0.717, 1.165) is 55.4 Å². The molecule has 27 heavy (non-hydrogen) atoms. The van der Waals surface area contributed by atoms with E-state index in [1.807, 2.05) is 31.3 Å². The molecule has 2 aromatic carbocycles. The van der Waals surface area contributed by atoms with Gasteiger partial charge >= 0.3 is 0 Å². The third-order valence-corrected chi connectivity index (χ3v) is 4.96. The SMILES string of the molecule is CNc1nc(N2CCN(C/C=C/c3ccccc3)CC2)nc2ccccc12. The van der Waals surface area contributed by atoms with Crippen molar-refractivity contribution in [2.45, 2.75) is 0 Å². The van der Waals surface area contributed by atoms with Gasteiger partial charge in [0.15, 0.2) is 0 Å². The van der Waals surface area contributed by atoms with E-state index in [0.29, 0.717) is 0 Å². The molecule has 138 valence electrons. The summed E-state index contributed by atoms with van der Waals surface area (Å²) in [6.45, 7) is 4.90. The Kier molecular flexibility index (Phi) is 5.30. The average molecular weight is 359 g/mol. The zero-order chi connectivity index (χ0) is 18.5. The van der Waals surface area contributed by atoms with Gasteiger partial charge in [0.1, 0.15) is 5.82 Å². The number of hydrogen-bond acceptors (Lipinski definition) is 5. The van der Waals surface area contributed by atoms with Crippen molar-refractivity contribution in [2.24, 2.45) is 0 Å². The third-order valence-electron chi connectivity index (χ3n) is 4.96. The fourth-order valence-corrected chi connectivity index (χ4v) is 3.43. The molecule has 0 bridgehead atoms. The lowest BCUT2D eigenvalue weighted by atomic mass is 10.2. The standard InChI is InChI=1S/C22H25N5/c1-23-21-19-11-5-6-12-20(19)24-22(25-21)27-16-14-26(15-17-27)13-7-10-18-8-3-2-4-9-18/h2-12H,13-17H2,1H3,(H,23,24,25)/b10-7+. The van der Waals surface area contributed by atoms with Crippen LogP contribution in [0, 0.1) is 0 Å². The van der Waals surface area contributed by atoms with E-state index in [1.165, 1.54) is 5.56 Å². The highest BCUT2D eigenvalue weighted by Gasteiger charge is 2.19. The lowest BCUT2D eigenvalue weighted by Crippen LogP contribution is -2.47. The molecule has 3 aromatic rings. The summed E-state index contributed by atoms with van der Waals surface area (Å²) in [7, 11) is 1.91. The summed E-state index contributed by atoms with van der Waals surface area (Å²) in [4.78, 5) is 14.3. The molecule has 1 aromatic heterocycles. The minimum atomic E-state index is 0.817. The molecule has 0 unspecified atom stereocenters. The van der Waals surface area contributed by atoms with Crippen molar-refractivity contribution >= 4 is 28.7 Å². The molecule has 1 N–H and O–H groups in total. The van der Waals surface area contributed by atoms with Crippen LogP contribution in [0.3, 0.4) is 0 Å². The van der Waals surface area contributed by atoms with E-state index < -0.39 is 0 Å². The highest BCUT2D eigenvalue weighted by atomic mass is 15.3. The maximum absolute atomic E-state index is 4.78. The molecule has 0 atom stereocenters. The lowest BCUT2D eigenvalue weighted by Gasteiger charge is -2.34. The number of para-hydroxylation sites is 1. The van der Waals surface area contributed by atoms with Gasteiger partial charge in [-0.1, -0.05) is 54.6 Å². The Morgan fingerprint density at radius 1 is 0.926 bits per heavy atom. The van der Waals surface area contributed by atoms with Gasteiger partial charge in [-0.15, -0.1) is 0 Å². The maximum atomic E-state index is 4.78. The molecule has 1 aliphatic heterocycles. The molecule has 4 rings (SSSR count). The predicted molar refractivity (Wildman–Crippen MR) is 113 cm³/mol. The molecule has 5 heteroatoms. The van der Waals surface area contributed by atoms with E-state index in [9.17, 15) is 0 Å². The second kappa shape index (κ2) is 8.18. The largest absolute Gasteiger partial charge is 0.372 e. The number of fused-ring (bicyclic) bond motifs is 1. The molecule has 1 saturated heterocycles. The van der Waals surface area contributed by atoms with Gasteiger partial charge in [-0.05, 0) is 17.7 Å². The molecular weight excluding hydrogens is 334 g/mol. The monoisotopic (exact) mass is 359 g/mol. The Labute approximate surface area is 160 Å². The van der Waals surface area contributed by atoms with Crippen LogP contribution in [0.15, 0.2) is 60.7 Å². The Morgan fingerprint density at radius 2 is 1.67 bits per heavy atom. The molecule has 0 radical (unpaired) electrons. The van der Waals surface area contributed by atoms with Crippen LogP contribution >= 0.6 is 0 Å². The maximum Gasteiger partial charge on any atom is 0.227 e. The van der Waals surface area contributed by atoms with E-state index in [1.54, 1.807) is 0 Å². The van der Waals surface area contributed by atoms with E-state index in [4.69, 9.17) is 9.97 Å². The van der Waals surface area contributed by atoms with Gasteiger partial charge in [0, 0.05) is 45.2 Å². The number of nitrogens with zero attached hydrogens (tertiary/aromatic N) is 4. The number of hydrogen-bond donors (Lipinski definition) is 1. The first-order valence-electron chi connectivity index (χ1n) is 9.47. The molecule has 5 nitrogen and oxygen atoms in total. The van der Waals surface area contributed by atoms with Crippen LogP contribution < -0.4 is 10.2 Å². The summed E-state index contributed by atoms with van der Waals surface area (Å²) in [6.07, 6.45) is 4.44. The fourth-order valence-electron chi connectivity index (χ4n) is 3.43. The Hall–Kier alpha value is -2.92. The highest BCUT2D eigenvalue weighted by molar-refractivity contribution is 5.89. The van der Waals surface area contributed by atoms with Crippen LogP contribution in [0.1, 0.15) is 5.56 Å². The summed E-state index contributed by atoms with van der Waals surface area (Å²) in [5.41, 5.74) is 2.24. The van der Waals surface area contributed by atoms with Crippen molar-refractivity contribution < 1.29 is 0 Å². The topological polar surface area (TPSA) is 44.3 Å². The molecule has 2 heterocycles. The highest BCUT2D eigenvalue weighted by Crippen LogP contribution is 2.23. The van der Waals surface area contributed by atoms with Crippen molar-refractivity contribution in [2.75, 3.05) is 50.0 Å². The van der Waals surface area contributed by atoms with Gasteiger partial charge in [-0.3, -0.25) is 4.90 Å². The first kappa shape index (κ1) is 17.5. The number of piperazine rings is 1. The van der Waals surface area contributed by atoms with Crippen LogP contribution in [0.2, 0.25) is 0 Å². The number of benzene rings is 2. The zero-order valence-electron chi connectivity index (χ0n) is 15.7. The van der Waals surface area contributed by atoms with Gasteiger partial charge in [-0.25, -0.2) is 4.98 Å². The molecule has 0 spiro atoms. The van der Waals surface area contributed by atoms with Crippen LogP contribution in [-0.4, -0.2) is 54.6 Å². The molecule has 0 saturated carbocycles. The van der Waals surface area contributed by atoms with Crippen LogP contribution in [-0.2, 0) is 0 Å². The number of aromatic nitrogens is 2. The quantitative estimate of drug-likeness (QED) is 0.755. The van der Waals surface area contributed by atoms with Crippen molar-refractivity contribution in [1.82, 2.24) is 14.9 Å². The lowest BCUT2D eigenvalue weighted by molar-refractivity contribution is 0.283. The molecular formula is C22H25N5. The van der Waals surface area contributed by atoms with Crippen LogP contribution in [0.4, 0.5) is 11.8 Å². The van der Waals surface area contributed by atoms with E-state index >= 15 is 0 Å². The number of rotatable bonds is 5. The number of anilines is 2. The summed E-state index contributed by atoms with van der Waals surface area (Å²) < 4.78 is 0. The second-order valence-corrected chi connectivity index (χ2v) is 6.74. The summed E-state index contributed by atoms with van der Waals surface area (Å²) in [6, 6.07) is 18.6. The van der Waals surface area contributed by atoms with Gasteiger partial charge in [0.25, 0.3) is 0 Å². The van der Waals surface area contributed by atoms with Crippen molar-refractivity contribution in [3.63, 3.8) is 0 Å². The molecule has 1 fully saturated rings. The molecule has 1 aliphatic rings. The fraction of sp³-hybridized carbons (Fsp3) is 0.273. The van der Waals surface area contributed by atoms with Gasteiger partial charge in [0.2, 0.25) is 5.95 Å². The van der Waals surface area contributed by atoms with E-state index in [2.05, 4.69) is 57.6 Å². The van der Waals surface area contributed by atoms with Gasteiger partial charge < -0.3 is 10.2 Å². The van der Waals surface area contributed by atoms with Gasteiger partial charge in [-0.2, -0.15) is 4.98 Å². The Morgan fingerprint density at radius 3 is 2.44 bits per heavy atom. The predicted octanol–water partition coefficient (Wildman–Crippen LogP) is 3.51. The normalized spacial score (nSPS) is 15.5. The Balaban J connectivity index is 1.39. The van der Waals surface area contributed by atoms with Crippen molar-refractivity contribution in [1.29, 1.82) is 0 Å². The second-order valence-electron chi connectivity index (χ2n) is 6.74. The van der Waals surface area contributed by atoms with Gasteiger partial charge in [0.05, 0.1) is 5.52 Å². The van der Waals surface area contributed by atoms with Crippen molar-refractivity contribution in [3.05, 3.63) is 66.2 Å². The zero-order valence-corrected chi connectivity index (χ0v) is 15.7. The minimum Gasteiger partial charge on any atom is -0.372 e. The smallest absolute Gasteiger partial charge is 0.227 e. The summed E-state index contributed by atoms with van der Waals surface area (Å²) in [5, 5.41) is 4.27. The summed E-state index contributed by atoms with van der Waals surface area (Å²) in [5.74, 6) is 1.71. The van der Waals surface area contributed by atoms with Crippen LogP contribution in [0.25, 0.3) is 17.0 Å². The molecule has 0 aliphatic carbocycles. The van der Waals surface area contributed by atoms with Crippen molar-refractivity contribution in [3.8, 4) is 0 Å². The third kappa shape index (κ3) is 4.09. The molecule has 0 amide bonds. The first-order chi connectivity index (χ1) is 13.3. The summed E-state index contributed by atoms with van der Waals surface area (Å²) >= 11 is 0. The average Bonchev–Trinajstić information content (AvgIpc) is 2.74. The van der Waals surface area contributed by atoms with E-state index in [-0.39, 0.29) is 0 Å². The number of nitrogens with one attached hydrogen (secondary N) is 1. The Bertz CT molecular complexity index is 914. The minimum absolute atomic E-state index is 0.817.